The van der Waals surface area contributed by atoms with E-state index in [9.17, 15) is 4.79 Å². The maximum absolute atomic E-state index is 10.7. The molecule has 2 aromatic heterocycles. The number of carboxylic acids is 1. The summed E-state index contributed by atoms with van der Waals surface area (Å²) in [5.74, 6) is 0.394. The third kappa shape index (κ3) is 3.75. The maximum atomic E-state index is 10.7. The number of nitrogens with zero attached hydrogens (tertiary/aromatic N) is 2. The quantitative estimate of drug-likeness (QED) is 0.816. The summed E-state index contributed by atoms with van der Waals surface area (Å²) in [6, 6.07) is 7.00. The second-order valence-electron chi connectivity index (χ2n) is 4.50. The lowest BCUT2D eigenvalue weighted by atomic mass is 10.3. The van der Waals surface area contributed by atoms with Gasteiger partial charge in [-0.25, -0.2) is 9.78 Å². The van der Waals surface area contributed by atoms with Crippen molar-refractivity contribution in [3.8, 4) is 0 Å². The van der Waals surface area contributed by atoms with E-state index in [4.69, 9.17) is 9.52 Å². The van der Waals surface area contributed by atoms with Crippen LogP contribution in [0.25, 0.3) is 0 Å². The van der Waals surface area contributed by atoms with Crippen LogP contribution in [0, 0.1) is 0 Å². The highest BCUT2D eigenvalue weighted by Gasteiger charge is 2.08. The summed E-state index contributed by atoms with van der Waals surface area (Å²) in [5, 5.41) is 11.9. The van der Waals surface area contributed by atoms with E-state index in [-0.39, 0.29) is 5.76 Å². The second kappa shape index (κ2) is 6.78. The van der Waals surface area contributed by atoms with Gasteiger partial charge in [-0.2, -0.15) is 0 Å². The average Bonchev–Trinajstić information content (AvgIpc) is 2.97. The Morgan fingerprint density at radius 3 is 2.57 bits per heavy atom. The Morgan fingerprint density at radius 1 is 1.29 bits per heavy atom. The molecule has 0 unspecified atom stereocenters. The van der Waals surface area contributed by atoms with Gasteiger partial charge in [0.2, 0.25) is 5.76 Å². The molecule has 6 nitrogen and oxygen atoms in total. The van der Waals surface area contributed by atoms with Crippen LogP contribution in [0.4, 0.5) is 11.5 Å². The minimum absolute atomic E-state index is 0.0539. The van der Waals surface area contributed by atoms with Gasteiger partial charge in [0, 0.05) is 13.1 Å². The van der Waals surface area contributed by atoms with Crippen molar-refractivity contribution in [3.63, 3.8) is 0 Å². The molecule has 0 aliphatic rings. The Morgan fingerprint density at radius 2 is 2.05 bits per heavy atom. The Labute approximate surface area is 123 Å². The lowest BCUT2D eigenvalue weighted by Crippen LogP contribution is -2.22. The molecule has 2 aromatic rings. The molecular weight excluding hydrogens is 270 g/mol. The zero-order valence-electron chi connectivity index (χ0n) is 12.2. The van der Waals surface area contributed by atoms with Gasteiger partial charge in [0.1, 0.15) is 11.6 Å². The predicted molar refractivity (Wildman–Crippen MR) is 80.8 cm³/mol. The lowest BCUT2D eigenvalue weighted by Gasteiger charge is -2.19. The van der Waals surface area contributed by atoms with Crippen molar-refractivity contribution >= 4 is 17.5 Å². The summed E-state index contributed by atoms with van der Waals surface area (Å²) in [4.78, 5) is 17.3. The molecule has 0 saturated heterocycles. The fraction of sp³-hybridized carbons (Fsp3) is 0.333. The highest BCUT2D eigenvalue weighted by atomic mass is 16.4. The number of hydrogen-bond donors (Lipinski definition) is 2. The number of aromatic nitrogens is 1. The molecule has 0 spiro atoms. The molecular formula is C15H19N3O3. The molecule has 0 saturated carbocycles. The first kappa shape index (κ1) is 14.9. The lowest BCUT2D eigenvalue weighted by molar-refractivity contribution is 0.0660. The van der Waals surface area contributed by atoms with Crippen LogP contribution < -0.4 is 10.2 Å². The molecule has 21 heavy (non-hydrogen) atoms. The van der Waals surface area contributed by atoms with Crippen LogP contribution >= 0.6 is 0 Å². The number of aromatic carboxylic acids is 1. The number of furan rings is 1. The van der Waals surface area contributed by atoms with E-state index in [1.807, 2.05) is 12.1 Å². The highest BCUT2D eigenvalue weighted by Crippen LogP contribution is 2.15. The van der Waals surface area contributed by atoms with E-state index in [1.165, 1.54) is 6.07 Å². The Hall–Kier alpha value is -2.50. The predicted octanol–water partition coefficient (Wildman–Crippen LogP) is 2.83. The van der Waals surface area contributed by atoms with E-state index in [1.54, 1.807) is 12.3 Å². The fourth-order valence-electron chi connectivity index (χ4n) is 2.00. The summed E-state index contributed by atoms with van der Waals surface area (Å²) in [7, 11) is 0. The van der Waals surface area contributed by atoms with Gasteiger partial charge in [0.05, 0.1) is 18.4 Å². The number of pyridine rings is 1. The van der Waals surface area contributed by atoms with Crippen molar-refractivity contribution in [2.75, 3.05) is 23.3 Å². The number of hydrogen-bond acceptors (Lipinski definition) is 5. The van der Waals surface area contributed by atoms with Gasteiger partial charge >= 0.3 is 5.97 Å². The molecule has 2 N–H and O–H groups in total. The summed E-state index contributed by atoms with van der Waals surface area (Å²) in [5.41, 5.74) is 0.860. The molecule has 0 fully saturated rings. The average molecular weight is 289 g/mol. The van der Waals surface area contributed by atoms with Crippen molar-refractivity contribution in [1.82, 2.24) is 4.98 Å². The monoisotopic (exact) mass is 289 g/mol. The van der Waals surface area contributed by atoms with E-state index in [0.29, 0.717) is 12.3 Å². The number of anilines is 2. The molecule has 6 heteroatoms. The van der Waals surface area contributed by atoms with Crippen LogP contribution in [-0.4, -0.2) is 29.1 Å². The molecule has 0 aliphatic heterocycles. The maximum Gasteiger partial charge on any atom is 0.371 e. The first-order valence-corrected chi connectivity index (χ1v) is 6.91. The van der Waals surface area contributed by atoms with Gasteiger partial charge in [0.15, 0.2) is 0 Å². The van der Waals surface area contributed by atoms with Gasteiger partial charge in [0.25, 0.3) is 0 Å². The molecule has 0 bridgehead atoms. The molecule has 0 atom stereocenters. The van der Waals surface area contributed by atoms with Crippen LogP contribution in [0.3, 0.4) is 0 Å². The van der Waals surface area contributed by atoms with Crippen molar-refractivity contribution in [3.05, 3.63) is 42.0 Å². The highest BCUT2D eigenvalue weighted by molar-refractivity contribution is 5.84. The van der Waals surface area contributed by atoms with Crippen LogP contribution in [0.2, 0.25) is 0 Å². The SMILES string of the molecule is CCN(CC)c1ccc(NCc2ccc(C(=O)O)o2)cn1. The van der Waals surface area contributed by atoms with Crippen molar-refractivity contribution in [1.29, 1.82) is 0 Å². The first-order valence-electron chi connectivity index (χ1n) is 6.91. The summed E-state index contributed by atoms with van der Waals surface area (Å²) in [6.07, 6.45) is 1.76. The zero-order chi connectivity index (χ0) is 15.2. The number of nitrogens with one attached hydrogen (secondary N) is 1. The van der Waals surface area contributed by atoms with Gasteiger partial charge in [-0.05, 0) is 38.1 Å². The van der Waals surface area contributed by atoms with Crippen LogP contribution in [0.1, 0.15) is 30.2 Å². The topological polar surface area (TPSA) is 78.6 Å². The second-order valence-corrected chi connectivity index (χ2v) is 4.50. The van der Waals surface area contributed by atoms with E-state index < -0.39 is 5.97 Å². The molecule has 2 heterocycles. The van der Waals surface area contributed by atoms with Gasteiger partial charge < -0.3 is 19.7 Å². The van der Waals surface area contributed by atoms with E-state index >= 15 is 0 Å². The van der Waals surface area contributed by atoms with Crippen LogP contribution in [0.5, 0.6) is 0 Å². The Bertz CT molecular complexity index is 588. The summed E-state index contributed by atoms with van der Waals surface area (Å²) < 4.78 is 5.17. The van der Waals surface area contributed by atoms with E-state index in [2.05, 4.69) is 29.0 Å². The molecule has 0 aliphatic carbocycles. The third-order valence-corrected chi connectivity index (χ3v) is 3.17. The largest absolute Gasteiger partial charge is 0.475 e. The molecule has 0 radical (unpaired) electrons. The first-order chi connectivity index (χ1) is 10.1. The van der Waals surface area contributed by atoms with Gasteiger partial charge in [-0.3, -0.25) is 0 Å². The third-order valence-electron chi connectivity index (χ3n) is 3.17. The van der Waals surface area contributed by atoms with Crippen molar-refractivity contribution in [2.24, 2.45) is 0 Å². The Kier molecular flexibility index (Phi) is 4.81. The number of rotatable bonds is 7. The minimum atomic E-state index is -1.06. The fourth-order valence-corrected chi connectivity index (χ4v) is 2.00. The Balaban J connectivity index is 1.95. The molecule has 112 valence electrons. The van der Waals surface area contributed by atoms with Gasteiger partial charge in [-0.15, -0.1) is 0 Å². The molecule has 0 amide bonds. The molecule has 2 rings (SSSR count). The summed E-state index contributed by atoms with van der Waals surface area (Å²) in [6.45, 7) is 6.43. The number of carboxylic acid groups (broad SMARTS) is 1. The van der Waals surface area contributed by atoms with Crippen LogP contribution in [0.15, 0.2) is 34.9 Å². The number of carbonyl (C=O) groups is 1. The zero-order valence-corrected chi connectivity index (χ0v) is 12.2. The van der Waals surface area contributed by atoms with Gasteiger partial charge in [-0.1, -0.05) is 0 Å². The van der Waals surface area contributed by atoms with Crippen molar-refractivity contribution < 1.29 is 14.3 Å². The minimum Gasteiger partial charge on any atom is -0.475 e. The van der Waals surface area contributed by atoms with Crippen LogP contribution in [-0.2, 0) is 6.54 Å². The smallest absolute Gasteiger partial charge is 0.371 e. The summed E-state index contributed by atoms with van der Waals surface area (Å²) >= 11 is 0. The standard InChI is InChI=1S/C15H19N3O3/c1-3-18(4-2)14-8-5-11(9-17-14)16-10-12-6-7-13(21-12)15(19)20/h5-9,16H,3-4,10H2,1-2H3,(H,19,20). The normalized spacial score (nSPS) is 10.4. The molecule has 0 aromatic carbocycles. The van der Waals surface area contributed by atoms with E-state index in [0.717, 1.165) is 24.6 Å². The van der Waals surface area contributed by atoms with Crippen molar-refractivity contribution in [2.45, 2.75) is 20.4 Å².